The van der Waals surface area contributed by atoms with Crippen LogP contribution in [0.5, 0.6) is 0 Å². The van der Waals surface area contributed by atoms with Gasteiger partial charge in [0.05, 0.1) is 58.5 Å². The van der Waals surface area contributed by atoms with E-state index in [1.54, 1.807) is 0 Å². The first kappa shape index (κ1) is 46.4. The van der Waals surface area contributed by atoms with E-state index in [0.717, 1.165) is 62.1 Å². The molecule has 0 radical (unpaired) electrons. The number of unbranched alkanes of at least 4 members (excludes halogenated alkanes) is 4. The van der Waals surface area contributed by atoms with Gasteiger partial charge in [-0.3, -0.25) is 0 Å². The van der Waals surface area contributed by atoms with E-state index in [2.05, 4.69) is 0 Å². The summed E-state index contributed by atoms with van der Waals surface area (Å²) >= 11 is 0. The van der Waals surface area contributed by atoms with Gasteiger partial charge >= 0.3 is 61.6 Å². The summed E-state index contributed by atoms with van der Waals surface area (Å²) in [5, 5.41) is 0. The zero-order valence-electron chi connectivity index (χ0n) is 28.2. The normalized spacial score (nSPS) is 10.9. The predicted molar refractivity (Wildman–Crippen MR) is 175 cm³/mol. The topological polar surface area (TPSA) is 220 Å². The third-order valence-electron chi connectivity index (χ3n) is 6.26. The molecule has 0 aliphatic carbocycles. The number of rotatable bonds is 18. The summed E-state index contributed by atoms with van der Waals surface area (Å²) in [6, 6.07) is 5.94. The fourth-order valence-corrected chi connectivity index (χ4v) is 4.61. The van der Waals surface area contributed by atoms with E-state index >= 15 is 0 Å². The molecule has 0 bridgehead atoms. The van der Waals surface area contributed by atoms with Crippen LogP contribution in [0.1, 0.15) is 120 Å². The van der Waals surface area contributed by atoms with Crippen LogP contribution >= 0.6 is 0 Å². The summed E-state index contributed by atoms with van der Waals surface area (Å²) in [6.45, 7) is 8.34. The van der Waals surface area contributed by atoms with Crippen LogP contribution in [0, 0.1) is 0 Å². The molecule has 49 heavy (non-hydrogen) atoms. The molecular formula is C32H42CaO14S2. The molecule has 0 saturated heterocycles. The van der Waals surface area contributed by atoms with Crippen LogP contribution in [0.15, 0.2) is 46.2 Å². The van der Waals surface area contributed by atoms with E-state index in [1.807, 2.05) is 27.7 Å². The van der Waals surface area contributed by atoms with Crippen molar-refractivity contribution in [2.24, 2.45) is 0 Å². The van der Waals surface area contributed by atoms with Gasteiger partial charge in [-0.05, 0) is 62.1 Å². The summed E-state index contributed by atoms with van der Waals surface area (Å²) in [4.78, 5) is 46.5. The van der Waals surface area contributed by atoms with Gasteiger partial charge in [-0.1, -0.05) is 53.4 Å². The van der Waals surface area contributed by atoms with Gasteiger partial charge in [0, 0.05) is 0 Å². The van der Waals surface area contributed by atoms with Gasteiger partial charge in [-0.15, -0.1) is 0 Å². The van der Waals surface area contributed by atoms with E-state index in [-0.39, 0.29) is 86.4 Å². The Morgan fingerprint density at radius 1 is 0.469 bits per heavy atom. The zero-order chi connectivity index (χ0) is 36.3. The van der Waals surface area contributed by atoms with Gasteiger partial charge in [0.1, 0.15) is 20.2 Å². The van der Waals surface area contributed by atoms with E-state index in [4.69, 9.17) is 18.9 Å². The standard InChI is InChI=1S/2C16H22O7S.Ca/c2*1-3-5-7-22-15(17)12-9-13(16(18)23-8-6-4-2)11-14(10-12)24(19,20)21;/h2*9-11H,3-8H2,1-2H3,(H,19,20,21);/q;;+2/p-2. The van der Waals surface area contributed by atoms with E-state index in [9.17, 15) is 45.1 Å². The Kier molecular flexibility index (Phi) is 22.5. The summed E-state index contributed by atoms with van der Waals surface area (Å²) in [5.41, 5.74) is -0.702. The van der Waals surface area contributed by atoms with Gasteiger partial charge in [0.25, 0.3) is 0 Å². The number of carbonyl (C=O) groups is 4. The van der Waals surface area contributed by atoms with Gasteiger partial charge in [-0.25, -0.2) is 36.0 Å². The van der Waals surface area contributed by atoms with Crippen LogP contribution in [-0.2, 0) is 39.2 Å². The molecule has 0 heterocycles. The van der Waals surface area contributed by atoms with Crippen LogP contribution in [-0.4, -0.2) is 114 Å². The minimum Gasteiger partial charge on any atom is -0.744 e. The van der Waals surface area contributed by atoms with Crippen LogP contribution in [0.25, 0.3) is 0 Å². The molecule has 0 aliphatic heterocycles. The smallest absolute Gasteiger partial charge is 0.744 e. The van der Waals surface area contributed by atoms with Crippen molar-refractivity contribution in [1.29, 1.82) is 0 Å². The number of hydrogen-bond donors (Lipinski definition) is 0. The largest absolute Gasteiger partial charge is 2.00 e. The number of hydrogen-bond acceptors (Lipinski definition) is 14. The Morgan fingerprint density at radius 3 is 0.837 bits per heavy atom. The number of esters is 4. The van der Waals surface area contributed by atoms with Crippen molar-refractivity contribution in [2.45, 2.75) is 88.9 Å². The van der Waals surface area contributed by atoms with Crippen LogP contribution in [0.4, 0.5) is 0 Å². The Morgan fingerprint density at radius 2 is 0.673 bits per heavy atom. The third-order valence-corrected chi connectivity index (χ3v) is 7.88. The molecule has 2 aromatic carbocycles. The van der Waals surface area contributed by atoms with Crippen molar-refractivity contribution < 1.29 is 64.1 Å². The fourth-order valence-electron chi connectivity index (χ4n) is 3.53. The molecule has 0 aromatic heterocycles. The first-order chi connectivity index (χ1) is 22.6. The average Bonchev–Trinajstić information content (AvgIpc) is 3.04. The first-order valence-corrected chi connectivity index (χ1v) is 18.3. The quantitative estimate of drug-likeness (QED) is 0.0666. The molecule has 17 heteroatoms. The minimum atomic E-state index is -4.83. The first-order valence-electron chi connectivity index (χ1n) is 15.5. The van der Waals surface area contributed by atoms with Gasteiger partial charge in [0.15, 0.2) is 0 Å². The molecule has 0 fully saturated rings. The van der Waals surface area contributed by atoms with Crippen LogP contribution < -0.4 is 0 Å². The monoisotopic (exact) mass is 754 g/mol. The maximum Gasteiger partial charge on any atom is 2.00 e. The van der Waals surface area contributed by atoms with Crippen LogP contribution in [0.2, 0.25) is 0 Å². The molecule has 0 amide bonds. The number of carbonyl (C=O) groups excluding carboxylic acids is 4. The van der Waals surface area contributed by atoms with Crippen molar-refractivity contribution in [3.8, 4) is 0 Å². The summed E-state index contributed by atoms with van der Waals surface area (Å²) < 4.78 is 87.4. The van der Waals surface area contributed by atoms with Gasteiger partial charge < -0.3 is 28.1 Å². The summed E-state index contributed by atoms with van der Waals surface area (Å²) in [6.07, 6.45) is 5.87. The predicted octanol–water partition coefficient (Wildman–Crippen LogP) is 4.63. The van der Waals surface area contributed by atoms with Gasteiger partial charge in [0.2, 0.25) is 0 Å². The SMILES string of the molecule is CCCCOC(=O)c1cc(C(=O)OCCCC)cc(S(=O)(=O)[O-])c1.CCCCOC(=O)c1cc(C(=O)OCCCC)cc(S(=O)(=O)[O-])c1.[Ca+2]. The Balaban J connectivity index is 0.000000922. The second-order valence-corrected chi connectivity index (χ2v) is 13.1. The molecule has 14 nitrogen and oxygen atoms in total. The molecule has 2 rings (SSSR count). The molecule has 0 atom stereocenters. The second kappa shape index (κ2) is 23.7. The van der Waals surface area contributed by atoms with Crippen LogP contribution in [0.3, 0.4) is 0 Å². The van der Waals surface area contributed by atoms with Crippen molar-refractivity contribution >= 4 is 81.9 Å². The summed E-state index contributed by atoms with van der Waals surface area (Å²) in [5.74, 6) is -3.18. The number of benzene rings is 2. The van der Waals surface area contributed by atoms with Crippen molar-refractivity contribution in [1.82, 2.24) is 0 Å². The number of ether oxygens (including phenoxy) is 4. The zero-order valence-corrected chi connectivity index (χ0v) is 32.0. The summed E-state index contributed by atoms with van der Waals surface area (Å²) in [7, 11) is -9.66. The van der Waals surface area contributed by atoms with Crippen molar-refractivity contribution in [3.63, 3.8) is 0 Å². The molecule has 0 spiro atoms. The molecule has 2 aromatic rings. The van der Waals surface area contributed by atoms with E-state index < -0.39 is 53.9 Å². The van der Waals surface area contributed by atoms with E-state index in [1.165, 1.54) is 0 Å². The molecule has 0 N–H and O–H groups in total. The Hall–Kier alpha value is -2.60. The average molecular weight is 755 g/mol. The van der Waals surface area contributed by atoms with E-state index in [0.29, 0.717) is 25.7 Å². The molecule has 0 aliphatic rings. The molecule has 268 valence electrons. The maximum atomic E-state index is 12.0. The molecular weight excluding hydrogens is 713 g/mol. The Bertz CT molecular complexity index is 1410. The van der Waals surface area contributed by atoms with Crippen molar-refractivity contribution in [2.75, 3.05) is 26.4 Å². The molecule has 0 saturated carbocycles. The minimum absolute atomic E-state index is 0. The fraction of sp³-hybridized carbons (Fsp3) is 0.500. The second-order valence-electron chi connectivity index (χ2n) is 10.4. The Labute approximate surface area is 317 Å². The van der Waals surface area contributed by atoms with Crippen molar-refractivity contribution in [3.05, 3.63) is 58.7 Å². The van der Waals surface area contributed by atoms with Gasteiger partial charge in [-0.2, -0.15) is 0 Å². The third kappa shape index (κ3) is 17.8. The maximum absolute atomic E-state index is 12.0. The molecule has 0 unspecified atom stereocenters.